The van der Waals surface area contributed by atoms with Crippen LogP contribution in [0.25, 0.3) is 16.5 Å². The summed E-state index contributed by atoms with van der Waals surface area (Å²) < 4.78 is 45.3. The number of nitrogens with zero attached hydrogens (tertiary/aromatic N) is 6. The molecular formula is C52H68Cl2N8O6SSi. The van der Waals surface area contributed by atoms with Crippen LogP contribution in [0.1, 0.15) is 74.7 Å². The van der Waals surface area contributed by atoms with Crippen LogP contribution in [-0.2, 0) is 21.6 Å². The molecule has 1 amide bonds. The van der Waals surface area contributed by atoms with Gasteiger partial charge in [0.25, 0.3) is 16.0 Å². The summed E-state index contributed by atoms with van der Waals surface area (Å²) in [6.45, 7) is 19.7. The van der Waals surface area contributed by atoms with Crippen molar-refractivity contribution >= 4 is 75.3 Å². The lowest BCUT2D eigenvalue weighted by Gasteiger charge is -2.39. The van der Waals surface area contributed by atoms with Crippen LogP contribution in [0.4, 0.5) is 11.5 Å². The summed E-state index contributed by atoms with van der Waals surface area (Å²) >= 11 is 12.3. The number of pyridine rings is 1. The number of halogens is 2. The second-order valence-corrected chi connectivity index (χ2v) is 29.1. The molecule has 9 rings (SSSR count). The Labute approximate surface area is 424 Å². The molecule has 0 unspecified atom stereocenters. The highest BCUT2D eigenvalue weighted by molar-refractivity contribution is 7.85. The first-order valence-corrected chi connectivity index (χ1v) is 30.4. The summed E-state index contributed by atoms with van der Waals surface area (Å²) in [6, 6.07) is 23.3. The smallest absolute Gasteiger partial charge is 0.296 e. The summed E-state index contributed by atoms with van der Waals surface area (Å²) in [5.74, 6) is 1.01. The van der Waals surface area contributed by atoms with Crippen molar-refractivity contribution in [3.8, 4) is 11.5 Å². The molecule has 0 radical (unpaired) electrons. The molecule has 70 heavy (non-hydrogen) atoms. The Morgan fingerprint density at radius 1 is 0.929 bits per heavy atom. The number of carbonyl (C=O) groups is 1. The first-order chi connectivity index (χ1) is 33.3. The molecule has 2 aromatic heterocycles. The molecule has 0 bridgehead atoms. The molecule has 4 N–H and O–H groups in total. The van der Waals surface area contributed by atoms with Gasteiger partial charge in [-0.3, -0.25) is 14.2 Å². The van der Waals surface area contributed by atoms with Crippen molar-refractivity contribution in [1.82, 2.24) is 24.6 Å². The molecule has 0 atom stereocenters. The molecule has 2 aliphatic carbocycles. The number of anilines is 2. The third-order valence-corrected chi connectivity index (χ3v) is 16.9. The second-order valence-electron chi connectivity index (χ2n) is 21.2. The van der Waals surface area contributed by atoms with E-state index in [1.165, 1.54) is 36.5 Å². The zero-order chi connectivity index (χ0) is 49.8. The highest BCUT2D eigenvalue weighted by Crippen LogP contribution is 2.44. The van der Waals surface area contributed by atoms with Crippen LogP contribution in [0, 0.1) is 5.41 Å². The number of piperazine rings is 1. The number of benzene rings is 3. The molecule has 376 valence electrons. The maximum absolute atomic E-state index is 12.5. The third-order valence-electron chi connectivity index (χ3n) is 13.9. The normalized spacial score (nSPS) is 18.4. The number of ether oxygens (including phenoxy) is 2. The van der Waals surface area contributed by atoms with Gasteiger partial charge in [0.2, 0.25) is 0 Å². The van der Waals surface area contributed by atoms with Crippen molar-refractivity contribution in [2.75, 3.05) is 62.6 Å². The van der Waals surface area contributed by atoms with E-state index in [9.17, 15) is 13.2 Å². The predicted octanol–water partition coefficient (Wildman–Crippen LogP) is 10.7. The molecule has 4 aliphatic rings. The average molecular weight is 1030 g/mol. The highest BCUT2D eigenvalue weighted by atomic mass is 35.5. The van der Waals surface area contributed by atoms with E-state index in [0.717, 1.165) is 118 Å². The van der Waals surface area contributed by atoms with Gasteiger partial charge in [-0.2, -0.15) is 13.5 Å². The fraction of sp³-hybridized carbons (Fsp3) is 0.481. The van der Waals surface area contributed by atoms with Gasteiger partial charge in [0.15, 0.2) is 0 Å². The standard InChI is InChI=1S/C39H50ClN5O3Si.C13H18ClN3O3S/c1-39(2)16-15-29(33(24-39)28-9-11-30(40)12-10-28)26-43-17-19-44(20-18-43)31-13-14-32(38(41)46)37(23-31)48-36-8-6-7-35-34(36)25-42-45(35)27-47-21-22-49(3,4)5;14-12-7-11(21(18,19)20)8-15-13(12)16-9-3-5-17(6-4-9)10-1-2-10/h6-14,23,25H,15-22,24,26-27H2,1-5H3,(H2,41,46);7-10H,1-6H2,(H,15,16)(H,18,19,20). The minimum Gasteiger partial charge on any atom is -0.456 e. The number of hydrogen-bond donors (Lipinski definition) is 3. The number of allylic oxidation sites excluding steroid dienone is 1. The summed E-state index contributed by atoms with van der Waals surface area (Å²) in [4.78, 5) is 23.7. The number of aromatic nitrogens is 3. The Hall–Kier alpha value is -4.52. The maximum atomic E-state index is 12.5. The minimum absolute atomic E-state index is 0.203. The van der Waals surface area contributed by atoms with Gasteiger partial charge in [-0.05, 0) is 110 Å². The number of primary amides is 1. The molecule has 18 heteroatoms. The number of carbonyl (C=O) groups excluding carboxylic acids is 1. The largest absolute Gasteiger partial charge is 0.456 e. The molecule has 5 aromatic rings. The van der Waals surface area contributed by atoms with Gasteiger partial charge < -0.3 is 30.3 Å². The van der Waals surface area contributed by atoms with Crippen molar-refractivity contribution < 1.29 is 27.2 Å². The summed E-state index contributed by atoms with van der Waals surface area (Å²) in [5.41, 5.74) is 12.7. The van der Waals surface area contributed by atoms with Crippen molar-refractivity contribution in [3.05, 3.63) is 106 Å². The van der Waals surface area contributed by atoms with Gasteiger partial charge >= 0.3 is 0 Å². The minimum atomic E-state index is -4.27. The average Bonchev–Trinajstić information content (AvgIpc) is 4.08. The highest BCUT2D eigenvalue weighted by Gasteiger charge is 2.33. The lowest BCUT2D eigenvalue weighted by Crippen LogP contribution is -2.47. The molecule has 4 heterocycles. The van der Waals surface area contributed by atoms with E-state index in [1.54, 1.807) is 17.8 Å². The van der Waals surface area contributed by atoms with Crippen LogP contribution in [0.5, 0.6) is 11.5 Å². The van der Waals surface area contributed by atoms with Crippen LogP contribution in [0.3, 0.4) is 0 Å². The van der Waals surface area contributed by atoms with Gasteiger partial charge in [0.05, 0.1) is 33.9 Å². The molecular weight excluding hydrogens is 964 g/mol. The molecule has 1 saturated carbocycles. The fourth-order valence-electron chi connectivity index (χ4n) is 9.52. The van der Waals surface area contributed by atoms with Gasteiger partial charge in [0.1, 0.15) is 28.9 Å². The number of nitrogens with one attached hydrogen (secondary N) is 1. The van der Waals surface area contributed by atoms with E-state index in [0.29, 0.717) is 41.1 Å². The van der Waals surface area contributed by atoms with E-state index >= 15 is 0 Å². The Balaban J connectivity index is 0.000000260. The molecule has 3 aromatic carbocycles. The first-order valence-electron chi connectivity index (χ1n) is 24.5. The first kappa shape index (κ1) is 51.8. The van der Waals surface area contributed by atoms with Crippen molar-refractivity contribution in [2.24, 2.45) is 11.1 Å². The molecule has 0 spiro atoms. The van der Waals surface area contributed by atoms with E-state index in [1.807, 2.05) is 47.1 Å². The van der Waals surface area contributed by atoms with E-state index in [2.05, 4.69) is 75.7 Å². The number of hydrogen-bond acceptors (Lipinski definition) is 11. The monoisotopic (exact) mass is 1030 g/mol. The maximum Gasteiger partial charge on any atom is 0.296 e. The van der Waals surface area contributed by atoms with Crippen molar-refractivity contribution in [2.45, 2.75) is 108 Å². The fourth-order valence-corrected chi connectivity index (χ4v) is 11.1. The number of amides is 1. The summed E-state index contributed by atoms with van der Waals surface area (Å²) in [6.07, 6.45) is 11.0. The van der Waals surface area contributed by atoms with E-state index in [-0.39, 0.29) is 9.92 Å². The third kappa shape index (κ3) is 13.7. The van der Waals surface area contributed by atoms with Crippen LogP contribution in [-0.4, -0.2) is 116 Å². The van der Waals surface area contributed by atoms with Crippen molar-refractivity contribution in [3.63, 3.8) is 0 Å². The molecule has 2 saturated heterocycles. The summed E-state index contributed by atoms with van der Waals surface area (Å²) in [5, 5.41) is 9.66. The topological polar surface area (TPSA) is 168 Å². The van der Waals surface area contributed by atoms with E-state index < -0.39 is 24.1 Å². The van der Waals surface area contributed by atoms with Crippen LogP contribution in [0.15, 0.2) is 89.6 Å². The molecule has 14 nitrogen and oxygen atoms in total. The lowest BCUT2D eigenvalue weighted by atomic mass is 9.72. The quantitative estimate of drug-likeness (QED) is 0.0487. The lowest BCUT2D eigenvalue weighted by molar-refractivity contribution is 0.0817. The van der Waals surface area contributed by atoms with Crippen molar-refractivity contribution in [1.29, 1.82) is 0 Å². The number of rotatable bonds is 16. The Bertz CT molecular complexity index is 2780. The summed E-state index contributed by atoms with van der Waals surface area (Å²) in [7, 11) is -5.44. The van der Waals surface area contributed by atoms with E-state index in [4.69, 9.17) is 43.0 Å². The Morgan fingerprint density at radius 2 is 1.66 bits per heavy atom. The number of fused-ring (bicyclic) bond motifs is 1. The van der Waals surface area contributed by atoms with Crippen LogP contribution in [0.2, 0.25) is 35.7 Å². The van der Waals surface area contributed by atoms with Gasteiger partial charge in [0, 0.05) is 89.4 Å². The SMILES string of the molecule is CC1(C)CCC(CN2CCN(c3ccc(C(N)=O)c(Oc4cccc5c4cnn5COCC[Si](C)(C)C)c3)CC2)=C(c2ccc(Cl)cc2)C1.O=S(=O)(O)c1cnc(NC2CCN(C3CC3)CC2)c(Cl)c1. The van der Waals surface area contributed by atoms with Gasteiger partial charge in [-0.25, -0.2) is 9.67 Å². The molecule has 3 fully saturated rings. The van der Waals surface area contributed by atoms with Gasteiger partial charge in [-0.1, -0.05) is 80.5 Å². The number of nitrogens with two attached hydrogens (primary N) is 1. The Kier molecular flexibility index (Phi) is 16.3. The second kappa shape index (κ2) is 22.1. The molecule has 2 aliphatic heterocycles. The van der Waals surface area contributed by atoms with Crippen LogP contribution < -0.4 is 20.7 Å². The van der Waals surface area contributed by atoms with Gasteiger partial charge in [-0.15, -0.1) is 0 Å². The number of likely N-dealkylation sites (tertiary alicyclic amines) is 1. The zero-order valence-electron chi connectivity index (χ0n) is 41.1. The zero-order valence-corrected chi connectivity index (χ0v) is 44.4. The Morgan fingerprint density at radius 3 is 2.31 bits per heavy atom. The number of piperidine rings is 1. The van der Waals surface area contributed by atoms with Crippen LogP contribution >= 0.6 is 23.2 Å². The predicted molar refractivity (Wildman–Crippen MR) is 284 cm³/mol.